The van der Waals surface area contributed by atoms with Crippen LogP contribution in [0.25, 0.3) is 22.6 Å². The molecule has 3 rings (SSSR count). The zero-order chi connectivity index (χ0) is 18.0. The van der Waals surface area contributed by atoms with Gasteiger partial charge in [0.25, 0.3) is 0 Å². The molecule has 7 heteroatoms. The molecular formula is C18H15Cl2NO4. The van der Waals surface area contributed by atoms with Crippen molar-refractivity contribution in [3.63, 3.8) is 0 Å². The Bertz CT molecular complexity index is 888. The largest absolute Gasteiger partial charge is 0.493 e. The molecular weight excluding hydrogens is 365 g/mol. The topological polar surface area (TPSA) is 64.7 Å². The predicted octanol–water partition coefficient (Wildman–Crippen LogP) is 4.82. The zero-order valence-corrected chi connectivity index (χ0v) is 15.1. The molecule has 0 unspecified atom stereocenters. The predicted molar refractivity (Wildman–Crippen MR) is 96.4 cm³/mol. The number of hydrogen-bond donors (Lipinski definition) is 1. The third kappa shape index (κ3) is 3.44. The second-order valence-corrected chi connectivity index (χ2v) is 6.10. The van der Waals surface area contributed by atoms with Crippen LogP contribution in [0.4, 0.5) is 0 Å². The lowest BCUT2D eigenvalue weighted by Crippen LogP contribution is -1.93. The van der Waals surface area contributed by atoms with Gasteiger partial charge < -0.3 is 19.1 Å². The van der Waals surface area contributed by atoms with E-state index in [0.29, 0.717) is 44.1 Å². The average molecular weight is 380 g/mol. The van der Waals surface area contributed by atoms with Crippen LogP contribution in [0.1, 0.15) is 5.56 Å². The number of aliphatic hydroxyl groups excluding tert-OH is 1. The van der Waals surface area contributed by atoms with Gasteiger partial charge in [-0.3, -0.25) is 0 Å². The van der Waals surface area contributed by atoms with E-state index in [1.165, 1.54) is 0 Å². The lowest BCUT2D eigenvalue weighted by molar-refractivity contribution is 0.281. The summed E-state index contributed by atoms with van der Waals surface area (Å²) in [5.41, 5.74) is 2.41. The summed E-state index contributed by atoms with van der Waals surface area (Å²) in [5, 5.41) is 14.9. The normalized spacial score (nSPS) is 10.8. The molecule has 3 aromatic rings. The molecule has 0 aliphatic rings. The van der Waals surface area contributed by atoms with E-state index in [1.54, 1.807) is 44.6 Å². The Kier molecular flexibility index (Phi) is 5.18. The molecule has 0 fully saturated rings. The Balaban J connectivity index is 2.12. The number of hydrogen-bond acceptors (Lipinski definition) is 5. The highest BCUT2D eigenvalue weighted by atomic mass is 35.5. The Labute approximate surface area is 154 Å². The van der Waals surface area contributed by atoms with Gasteiger partial charge in [0.1, 0.15) is 5.69 Å². The highest BCUT2D eigenvalue weighted by Gasteiger charge is 2.20. The molecule has 0 amide bonds. The number of rotatable bonds is 5. The summed E-state index contributed by atoms with van der Waals surface area (Å²) >= 11 is 12.1. The number of nitrogens with zero attached hydrogens (tertiary/aromatic N) is 1. The molecule has 0 spiro atoms. The minimum atomic E-state index is -0.257. The average Bonchev–Trinajstić information content (AvgIpc) is 3.04. The van der Waals surface area contributed by atoms with Gasteiger partial charge in [-0.2, -0.15) is 0 Å². The summed E-state index contributed by atoms with van der Waals surface area (Å²) < 4.78 is 16.0. The second-order valence-electron chi connectivity index (χ2n) is 5.22. The van der Waals surface area contributed by atoms with Crippen molar-refractivity contribution in [1.29, 1.82) is 0 Å². The minimum absolute atomic E-state index is 0.257. The number of methoxy groups -OCH3 is 2. The van der Waals surface area contributed by atoms with Crippen molar-refractivity contribution in [1.82, 2.24) is 5.16 Å². The van der Waals surface area contributed by atoms with Gasteiger partial charge in [-0.1, -0.05) is 28.4 Å². The standard InChI is InChI=1S/C18H15Cl2NO4/c1-23-15-4-3-10(7-16(15)24-2)17-14(9-22)18(25-21-17)11-5-12(19)8-13(20)6-11/h3-8,22H,9H2,1-2H3. The van der Waals surface area contributed by atoms with E-state index in [4.69, 9.17) is 37.2 Å². The fourth-order valence-electron chi connectivity index (χ4n) is 2.58. The molecule has 0 atom stereocenters. The van der Waals surface area contributed by atoms with Crippen LogP contribution in [-0.4, -0.2) is 24.5 Å². The number of aromatic nitrogens is 1. The van der Waals surface area contributed by atoms with E-state index in [9.17, 15) is 5.11 Å². The van der Waals surface area contributed by atoms with Crippen LogP contribution in [0.2, 0.25) is 10.0 Å². The molecule has 130 valence electrons. The van der Waals surface area contributed by atoms with Crippen molar-refractivity contribution < 1.29 is 19.1 Å². The third-order valence-electron chi connectivity index (χ3n) is 3.73. The van der Waals surface area contributed by atoms with Gasteiger partial charge in [-0.05, 0) is 36.4 Å². The Hall–Kier alpha value is -2.21. The molecule has 0 saturated heterocycles. The van der Waals surface area contributed by atoms with Gasteiger partial charge in [0, 0.05) is 21.2 Å². The van der Waals surface area contributed by atoms with E-state index < -0.39 is 0 Å². The van der Waals surface area contributed by atoms with Gasteiger partial charge in [-0.25, -0.2) is 0 Å². The van der Waals surface area contributed by atoms with Crippen LogP contribution in [0, 0.1) is 0 Å². The quantitative estimate of drug-likeness (QED) is 0.687. The van der Waals surface area contributed by atoms with Crippen molar-refractivity contribution in [2.75, 3.05) is 14.2 Å². The maximum Gasteiger partial charge on any atom is 0.173 e. The first-order chi connectivity index (χ1) is 12.1. The van der Waals surface area contributed by atoms with Gasteiger partial charge >= 0.3 is 0 Å². The fourth-order valence-corrected chi connectivity index (χ4v) is 3.10. The van der Waals surface area contributed by atoms with Crippen molar-refractivity contribution in [3.8, 4) is 34.1 Å². The molecule has 0 aliphatic heterocycles. The second kappa shape index (κ2) is 7.35. The SMILES string of the molecule is COc1ccc(-c2noc(-c3cc(Cl)cc(Cl)c3)c2CO)cc1OC. The van der Waals surface area contributed by atoms with Gasteiger partial charge in [0.2, 0.25) is 0 Å². The number of ether oxygens (including phenoxy) is 2. The van der Waals surface area contributed by atoms with E-state index in [1.807, 2.05) is 6.07 Å². The summed E-state index contributed by atoms with van der Waals surface area (Å²) in [6, 6.07) is 10.4. The monoisotopic (exact) mass is 379 g/mol. The van der Waals surface area contributed by atoms with Crippen LogP contribution in [0.5, 0.6) is 11.5 Å². The Morgan fingerprint density at radius 1 is 0.960 bits per heavy atom. The summed E-state index contributed by atoms with van der Waals surface area (Å²) in [5.74, 6) is 1.57. The molecule has 0 radical (unpaired) electrons. The smallest absolute Gasteiger partial charge is 0.173 e. The summed E-state index contributed by atoms with van der Waals surface area (Å²) in [4.78, 5) is 0. The molecule has 1 N–H and O–H groups in total. The van der Waals surface area contributed by atoms with Gasteiger partial charge in [-0.15, -0.1) is 0 Å². The number of benzene rings is 2. The summed E-state index contributed by atoms with van der Waals surface area (Å²) in [6.07, 6.45) is 0. The van der Waals surface area contributed by atoms with Crippen LogP contribution in [0.3, 0.4) is 0 Å². The van der Waals surface area contributed by atoms with E-state index in [0.717, 1.165) is 5.56 Å². The first-order valence-corrected chi connectivity index (χ1v) is 8.11. The van der Waals surface area contributed by atoms with Crippen molar-refractivity contribution >= 4 is 23.2 Å². The van der Waals surface area contributed by atoms with Crippen molar-refractivity contribution in [2.45, 2.75) is 6.61 Å². The highest BCUT2D eigenvalue weighted by molar-refractivity contribution is 6.35. The highest BCUT2D eigenvalue weighted by Crippen LogP contribution is 2.37. The third-order valence-corrected chi connectivity index (χ3v) is 4.16. The van der Waals surface area contributed by atoms with Crippen molar-refractivity contribution in [3.05, 3.63) is 52.0 Å². The van der Waals surface area contributed by atoms with Gasteiger partial charge in [0.15, 0.2) is 17.3 Å². The molecule has 25 heavy (non-hydrogen) atoms. The van der Waals surface area contributed by atoms with Crippen LogP contribution < -0.4 is 9.47 Å². The first kappa shape index (κ1) is 17.6. The molecule has 0 saturated carbocycles. The molecule has 1 heterocycles. The minimum Gasteiger partial charge on any atom is -0.493 e. The Morgan fingerprint density at radius 3 is 2.24 bits per heavy atom. The molecule has 2 aromatic carbocycles. The summed E-state index contributed by atoms with van der Waals surface area (Å²) in [7, 11) is 3.12. The molecule has 0 aliphatic carbocycles. The van der Waals surface area contributed by atoms with E-state index in [2.05, 4.69) is 5.16 Å². The summed E-state index contributed by atoms with van der Waals surface area (Å²) in [6.45, 7) is -0.257. The zero-order valence-electron chi connectivity index (χ0n) is 13.5. The van der Waals surface area contributed by atoms with Gasteiger partial charge in [0.05, 0.1) is 26.4 Å². The van der Waals surface area contributed by atoms with Crippen LogP contribution in [0.15, 0.2) is 40.9 Å². The van der Waals surface area contributed by atoms with E-state index >= 15 is 0 Å². The van der Waals surface area contributed by atoms with E-state index in [-0.39, 0.29) is 6.61 Å². The van der Waals surface area contributed by atoms with Crippen LogP contribution >= 0.6 is 23.2 Å². The lowest BCUT2D eigenvalue weighted by Gasteiger charge is -2.09. The maximum absolute atomic E-state index is 9.85. The molecule has 5 nitrogen and oxygen atoms in total. The number of aliphatic hydroxyl groups is 1. The van der Waals surface area contributed by atoms with Crippen molar-refractivity contribution in [2.24, 2.45) is 0 Å². The Morgan fingerprint density at radius 2 is 1.64 bits per heavy atom. The molecule has 1 aromatic heterocycles. The fraction of sp³-hybridized carbons (Fsp3) is 0.167. The van der Waals surface area contributed by atoms with Crippen LogP contribution in [-0.2, 0) is 6.61 Å². The molecule has 0 bridgehead atoms. The lowest BCUT2D eigenvalue weighted by atomic mass is 10.0. The number of halogens is 2. The maximum atomic E-state index is 9.85. The first-order valence-electron chi connectivity index (χ1n) is 7.35.